The van der Waals surface area contributed by atoms with E-state index in [2.05, 4.69) is 10.3 Å². The van der Waals surface area contributed by atoms with Gasteiger partial charge in [-0.25, -0.2) is 4.98 Å². The summed E-state index contributed by atoms with van der Waals surface area (Å²) in [6.07, 6.45) is -4.19. The molecule has 6 heteroatoms. The largest absolute Gasteiger partial charge is 0.401 e. The van der Waals surface area contributed by atoms with Crippen LogP contribution in [0.15, 0.2) is 18.2 Å². The van der Waals surface area contributed by atoms with Gasteiger partial charge in [0.2, 0.25) is 0 Å². The molecule has 0 aliphatic heterocycles. The smallest absolute Gasteiger partial charge is 0.373 e. The molecule has 0 saturated heterocycles. The van der Waals surface area contributed by atoms with Gasteiger partial charge in [0.1, 0.15) is 5.82 Å². The summed E-state index contributed by atoms with van der Waals surface area (Å²) in [5.41, 5.74) is 0.625. The van der Waals surface area contributed by atoms with Crippen LogP contribution in [0.1, 0.15) is 19.5 Å². The zero-order valence-electron chi connectivity index (χ0n) is 10.8. The average molecular weight is 261 g/mol. The molecule has 0 amide bonds. The number of nitrogens with zero attached hydrogens (tertiary/aromatic N) is 2. The second kappa shape index (κ2) is 6.04. The first-order chi connectivity index (χ1) is 8.31. The van der Waals surface area contributed by atoms with Crippen molar-refractivity contribution >= 4 is 5.82 Å². The van der Waals surface area contributed by atoms with E-state index in [1.54, 1.807) is 39.1 Å². The van der Waals surface area contributed by atoms with E-state index >= 15 is 0 Å². The third kappa shape index (κ3) is 4.91. The van der Waals surface area contributed by atoms with E-state index in [-0.39, 0.29) is 12.6 Å². The maximum atomic E-state index is 12.4. The maximum Gasteiger partial charge on any atom is 0.401 e. The van der Waals surface area contributed by atoms with Crippen molar-refractivity contribution in [2.75, 3.05) is 18.9 Å². The van der Waals surface area contributed by atoms with Gasteiger partial charge in [0.25, 0.3) is 0 Å². The Morgan fingerprint density at radius 2 is 2.00 bits per heavy atom. The lowest BCUT2D eigenvalue weighted by atomic mass is 10.2. The van der Waals surface area contributed by atoms with Gasteiger partial charge in [-0.1, -0.05) is 6.07 Å². The molecule has 3 nitrogen and oxygen atoms in total. The molecule has 0 unspecified atom stereocenters. The molecule has 1 rings (SSSR count). The van der Waals surface area contributed by atoms with Crippen LogP contribution in [0.2, 0.25) is 0 Å². The Bertz CT molecular complexity index is 377. The van der Waals surface area contributed by atoms with Gasteiger partial charge in [-0.05, 0) is 26.0 Å². The molecule has 0 aromatic carbocycles. The fourth-order valence-electron chi connectivity index (χ4n) is 1.57. The number of anilines is 1. The molecule has 0 bridgehead atoms. The second-order valence-corrected chi connectivity index (χ2v) is 4.38. The third-order valence-corrected chi connectivity index (χ3v) is 2.54. The van der Waals surface area contributed by atoms with E-state index in [0.29, 0.717) is 11.5 Å². The molecule has 0 aliphatic rings. The molecule has 1 N–H and O–H groups in total. The first kappa shape index (κ1) is 14.8. The van der Waals surface area contributed by atoms with E-state index in [9.17, 15) is 13.2 Å². The predicted octanol–water partition coefficient (Wildman–Crippen LogP) is 2.90. The normalized spacial score (nSPS) is 12.2. The van der Waals surface area contributed by atoms with Crippen LogP contribution in [0.5, 0.6) is 0 Å². The minimum Gasteiger partial charge on any atom is -0.373 e. The van der Waals surface area contributed by atoms with Crippen LogP contribution >= 0.6 is 0 Å². The summed E-state index contributed by atoms with van der Waals surface area (Å²) in [6.45, 7) is 2.75. The highest BCUT2D eigenvalue weighted by atomic mass is 19.4. The molecule has 0 radical (unpaired) electrons. The topological polar surface area (TPSA) is 28.2 Å². The van der Waals surface area contributed by atoms with E-state index < -0.39 is 12.7 Å². The zero-order chi connectivity index (χ0) is 13.8. The van der Waals surface area contributed by atoms with Gasteiger partial charge in [-0.2, -0.15) is 13.2 Å². The molecule has 0 spiro atoms. The van der Waals surface area contributed by atoms with Crippen molar-refractivity contribution < 1.29 is 13.2 Å². The van der Waals surface area contributed by atoms with Crippen molar-refractivity contribution in [2.45, 2.75) is 32.6 Å². The lowest BCUT2D eigenvalue weighted by molar-refractivity contribution is -0.151. The lowest BCUT2D eigenvalue weighted by Crippen LogP contribution is -2.38. The summed E-state index contributed by atoms with van der Waals surface area (Å²) in [5, 5.41) is 2.87. The number of aromatic nitrogens is 1. The first-order valence-electron chi connectivity index (χ1n) is 5.76. The Morgan fingerprint density at radius 3 is 2.50 bits per heavy atom. The summed E-state index contributed by atoms with van der Waals surface area (Å²) in [5.74, 6) is 0.656. The fraction of sp³-hybridized carbons (Fsp3) is 0.583. The fourth-order valence-corrected chi connectivity index (χ4v) is 1.57. The van der Waals surface area contributed by atoms with Crippen LogP contribution in [-0.2, 0) is 6.54 Å². The molecule has 0 atom stereocenters. The van der Waals surface area contributed by atoms with E-state index in [1.165, 1.54) is 4.90 Å². The lowest BCUT2D eigenvalue weighted by Gasteiger charge is -2.27. The van der Waals surface area contributed by atoms with Crippen LogP contribution < -0.4 is 5.32 Å². The van der Waals surface area contributed by atoms with E-state index in [1.807, 2.05) is 0 Å². The van der Waals surface area contributed by atoms with Gasteiger partial charge in [0.15, 0.2) is 0 Å². The van der Waals surface area contributed by atoms with Gasteiger partial charge in [0, 0.05) is 19.6 Å². The van der Waals surface area contributed by atoms with Crippen molar-refractivity contribution in [2.24, 2.45) is 0 Å². The van der Waals surface area contributed by atoms with E-state index in [4.69, 9.17) is 0 Å². The highest BCUT2D eigenvalue weighted by Crippen LogP contribution is 2.19. The summed E-state index contributed by atoms with van der Waals surface area (Å²) >= 11 is 0. The highest BCUT2D eigenvalue weighted by molar-refractivity contribution is 5.34. The third-order valence-electron chi connectivity index (χ3n) is 2.54. The minimum atomic E-state index is -4.19. The van der Waals surface area contributed by atoms with Crippen LogP contribution in [-0.4, -0.2) is 35.7 Å². The van der Waals surface area contributed by atoms with Crippen molar-refractivity contribution in [3.8, 4) is 0 Å². The summed E-state index contributed by atoms with van der Waals surface area (Å²) < 4.78 is 37.3. The Balaban J connectivity index is 2.76. The standard InChI is InChI=1S/C12H18F3N3/c1-9(2)18(8-12(13,14)15)7-10-5-4-6-11(16-3)17-10/h4-6,9H,7-8H2,1-3H3,(H,16,17). The molecular weight excluding hydrogens is 243 g/mol. The molecule has 1 aromatic heterocycles. The number of nitrogens with one attached hydrogen (secondary N) is 1. The summed E-state index contributed by atoms with van der Waals surface area (Å²) in [4.78, 5) is 5.57. The molecule has 18 heavy (non-hydrogen) atoms. The van der Waals surface area contributed by atoms with Crippen molar-refractivity contribution in [3.63, 3.8) is 0 Å². The van der Waals surface area contributed by atoms with Gasteiger partial charge in [-0.3, -0.25) is 4.90 Å². The minimum absolute atomic E-state index is 0.187. The van der Waals surface area contributed by atoms with E-state index in [0.717, 1.165) is 0 Å². The van der Waals surface area contributed by atoms with Gasteiger partial charge in [0.05, 0.1) is 12.2 Å². The molecule has 1 aromatic rings. The van der Waals surface area contributed by atoms with Crippen LogP contribution in [0.3, 0.4) is 0 Å². The first-order valence-corrected chi connectivity index (χ1v) is 5.76. The number of hydrogen-bond donors (Lipinski definition) is 1. The van der Waals surface area contributed by atoms with Crippen molar-refractivity contribution in [1.29, 1.82) is 0 Å². The highest BCUT2D eigenvalue weighted by Gasteiger charge is 2.31. The Labute approximate surface area is 105 Å². The molecule has 0 saturated carbocycles. The SMILES string of the molecule is CNc1cccc(CN(CC(F)(F)F)C(C)C)n1. The van der Waals surface area contributed by atoms with Gasteiger partial charge < -0.3 is 5.32 Å². The number of halogens is 3. The average Bonchev–Trinajstić information content (AvgIpc) is 2.26. The summed E-state index contributed by atoms with van der Waals surface area (Å²) in [6, 6.07) is 5.09. The Kier molecular flexibility index (Phi) is 4.95. The predicted molar refractivity (Wildman–Crippen MR) is 65.4 cm³/mol. The Morgan fingerprint density at radius 1 is 1.33 bits per heavy atom. The molecule has 0 fully saturated rings. The van der Waals surface area contributed by atoms with Gasteiger partial charge >= 0.3 is 6.18 Å². The monoisotopic (exact) mass is 261 g/mol. The van der Waals surface area contributed by atoms with Gasteiger partial charge in [-0.15, -0.1) is 0 Å². The molecule has 0 aliphatic carbocycles. The zero-order valence-corrected chi connectivity index (χ0v) is 10.8. The van der Waals surface area contributed by atoms with Crippen LogP contribution in [0.4, 0.5) is 19.0 Å². The van der Waals surface area contributed by atoms with Crippen LogP contribution in [0, 0.1) is 0 Å². The van der Waals surface area contributed by atoms with Crippen molar-refractivity contribution in [1.82, 2.24) is 9.88 Å². The molecule has 102 valence electrons. The Hall–Kier alpha value is -1.30. The molecular formula is C12H18F3N3. The number of rotatable bonds is 5. The summed E-state index contributed by atoms with van der Waals surface area (Å²) in [7, 11) is 1.72. The number of hydrogen-bond acceptors (Lipinski definition) is 3. The maximum absolute atomic E-state index is 12.4. The second-order valence-electron chi connectivity index (χ2n) is 4.38. The molecule has 1 heterocycles. The van der Waals surface area contributed by atoms with Crippen LogP contribution in [0.25, 0.3) is 0 Å². The number of pyridine rings is 1. The number of alkyl halides is 3. The quantitative estimate of drug-likeness (QED) is 0.883. The van der Waals surface area contributed by atoms with Crippen molar-refractivity contribution in [3.05, 3.63) is 23.9 Å².